The zero-order valence-corrected chi connectivity index (χ0v) is 58.8. The van der Waals surface area contributed by atoms with Crippen LogP contribution in [0.15, 0.2) is 183 Å². The van der Waals surface area contributed by atoms with E-state index in [0.29, 0.717) is 68.8 Å². The van der Waals surface area contributed by atoms with Crippen LogP contribution in [0.2, 0.25) is 0 Å². The summed E-state index contributed by atoms with van der Waals surface area (Å²) >= 11 is 7.92. The summed E-state index contributed by atoms with van der Waals surface area (Å²) in [6, 6.07) is 30.2. The lowest BCUT2D eigenvalue weighted by Crippen LogP contribution is -2.48. The summed E-state index contributed by atoms with van der Waals surface area (Å²) in [5.41, 5.74) is 5.51. The molecular weight excluding hydrogens is 1370 g/mol. The van der Waals surface area contributed by atoms with Gasteiger partial charge >= 0.3 is 0 Å². The Morgan fingerprint density at radius 1 is 0.356 bits per heavy atom. The second kappa shape index (κ2) is 26.4. The Morgan fingerprint density at radius 2 is 0.683 bits per heavy atom. The molecule has 26 heteroatoms. The minimum Gasteiger partial charge on any atom is -0.356 e. The monoisotopic (exact) mass is 1450 g/mol. The number of para-hydroxylation sites is 5. The largest absolute Gasteiger partial charge is 0.356 e. The first kappa shape index (κ1) is 61.3. The van der Waals surface area contributed by atoms with Crippen molar-refractivity contribution >= 4 is 163 Å². The van der Waals surface area contributed by atoms with Gasteiger partial charge in [0.2, 0.25) is 23.6 Å². The van der Waals surface area contributed by atoms with Gasteiger partial charge in [-0.05, 0) is 92.7 Å². The van der Waals surface area contributed by atoms with Crippen molar-refractivity contribution in [2.24, 2.45) is 21.7 Å². The third kappa shape index (κ3) is 12.7. The van der Waals surface area contributed by atoms with Gasteiger partial charge in [-0.15, -0.1) is 0 Å². The summed E-state index contributed by atoms with van der Waals surface area (Å²) in [6.07, 6.45) is 6.97. The summed E-state index contributed by atoms with van der Waals surface area (Å²) < 4.78 is 44.2. The van der Waals surface area contributed by atoms with Crippen LogP contribution in [0.3, 0.4) is 0 Å². The second-order valence-corrected chi connectivity index (χ2v) is 32.5. The highest BCUT2D eigenvalue weighted by molar-refractivity contribution is 7.23. The Kier molecular flexibility index (Phi) is 16.0. The van der Waals surface area contributed by atoms with Crippen molar-refractivity contribution < 1.29 is 30.8 Å². The number of anilines is 5. The minimum absolute atomic E-state index is 0. The first-order valence-electron chi connectivity index (χ1n) is 35.7. The Morgan fingerprint density at radius 3 is 1.09 bits per heavy atom. The molecule has 6 N–H and O–H groups in total. The summed E-state index contributed by atoms with van der Waals surface area (Å²) in [6.45, 7) is 26.7. The predicted octanol–water partition coefficient (Wildman–Crippen LogP) is 12.2. The second-order valence-electron chi connectivity index (χ2n) is 27.5. The molecule has 5 atom stereocenters. The van der Waals surface area contributed by atoms with E-state index in [1.807, 2.05) is 54.6 Å². The number of benzene rings is 5. The molecule has 10 saturated heterocycles. The Labute approximate surface area is 611 Å². The van der Waals surface area contributed by atoms with Crippen LogP contribution in [0.1, 0.15) is 72.1 Å². The quantitative estimate of drug-likeness (QED) is 0.0939. The summed E-state index contributed by atoms with van der Waals surface area (Å²) in [5.74, 6) is 0.945. The first-order valence-corrected chi connectivity index (χ1v) is 37.3. The summed E-state index contributed by atoms with van der Waals surface area (Å²) in [4.78, 5) is 94.6. The molecule has 21 nitrogen and oxygen atoms in total. The lowest BCUT2D eigenvalue weighted by Gasteiger charge is -2.21. The number of allylic oxidation sites excluding steroid dienone is 4. The van der Waals surface area contributed by atoms with Crippen LogP contribution >= 0.6 is 56.7 Å². The smallest absolute Gasteiger partial charge is 0.253 e. The van der Waals surface area contributed by atoms with Crippen molar-refractivity contribution in [1.29, 1.82) is 0 Å². The molecule has 5 aromatic carbocycles. The molecule has 0 bridgehead atoms. The maximum Gasteiger partial charge on any atom is 0.253 e. The van der Waals surface area contributed by atoms with E-state index < -0.39 is 5.54 Å². The fraction of sp³-hybridized carbons (Fsp3) is 0.333. The fourth-order valence-corrected chi connectivity index (χ4v) is 20.2. The number of nitrogens with zero attached hydrogens (tertiary/aromatic N) is 10. The highest BCUT2D eigenvalue weighted by Gasteiger charge is 2.54. The van der Waals surface area contributed by atoms with Gasteiger partial charge in [0, 0.05) is 107 Å². The molecule has 20 rings (SSSR count). The molecule has 10 aromatic rings. The molecule has 101 heavy (non-hydrogen) atoms. The predicted molar refractivity (Wildman–Crippen MR) is 409 cm³/mol. The molecule has 15 heterocycles. The third-order valence-electron chi connectivity index (χ3n) is 20.5. The van der Waals surface area contributed by atoms with Gasteiger partial charge in [-0.3, -0.25) is 24.0 Å². The van der Waals surface area contributed by atoms with E-state index in [1.54, 1.807) is 81.7 Å². The lowest BCUT2D eigenvalue weighted by molar-refractivity contribution is -0.127. The van der Waals surface area contributed by atoms with E-state index in [-0.39, 0.29) is 58.6 Å². The van der Waals surface area contributed by atoms with Crippen LogP contribution < -0.4 is 56.4 Å². The maximum absolute atomic E-state index is 12.2. The SMILES string of the molecule is C.[3H]c1ccc2nc(N3CCC4(CC(=C)NC4=O)C3)sc2c1.[3H]c1ccc2sc(N3CCC4(CC(=C)NC4=O)C3)nc2c1.[3H]c1cccc2nc(N3CCC4(CC(=C)NC4=O)C3)sc12.[3H]c1cccc2sc(N3CCC4(C3)NC(=C)NC4=O)nc12.[3H]c1cccc2sc(N3CCC4(CC(=C)NC4=O)C3)nc12. The van der Waals surface area contributed by atoms with Crippen molar-refractivity contribution in [3.05, 3.63) is 183 Å². The highest BCUT2D eigenvalue weighted by atomic mass is 32.1. The van der Waals surface area contributed by atoms with E-state index in [4.69, 9.17) is 6.85 Å². The topological polar surface area (TPSA) is 238 Å². The molecule has 5 unspecified atom stereocenters. The number of amides is 5. The van der Waals surface area contributed by atoms with Gasteiger partial charge in [0.25, 0.3) is 5.91 Å². The molecule has 5 aromatic heterocycles. The Balaban J connectivity index is 0.000000106. The molecular formula is C75H78N16O5S5. The number of hydrogen-bond acceptors (Lipinski definition) is 21. The summed E-state index contributed by atoms with van der Waals surface area (Å²) in [7, 11) is 0. The molecule has 518 valence electrons. The van der Waals surface area contributed by atoms with Crippen molar-refractivity contribution in [2.75, 3.05) is 89.9 Å². The number of nitrogens with one attached hydrogen (secondary N) is 6. The van der Waals surface area contributed by atoms with Gasteiger partial charge in [0.05, 0.1) is 92.0 Å². The minimum atomic E-state index is -0.585. The Hall–Kier alpha value is -9.60. The standard InChI is InChI=1S/4C15H15N3OS.C14H14N4OS.CH4/c4*1-10-8-15(13(19)16-10)6-7-18(9-15)14-17-11-4-2-3-5-12(11)20-14;1-9-15-12(19)14(17-9)6-7-18(8-14)13-16-10-4-2-3-5-11(10)20-13;/h4*2-5H,1,6-9H2,(H,16,19);2-5,17H,1,6-8H2,(H,15,19);1H4/i5T;4T;3T;2T;4T;. The molecule has 0 aliphatic carbocycles. The van der Waals surface area contributed by atoms with E-state index in [9.17, 15) is 24.0 Å². The zero-order valence-electron chi connectivity index (χ0n) is 59.7. The number of fused-ring (bicyclic) bond motifs is 5. The van der Waals surface area contributed by atoms with Crippen LogP contribution in [-0.4, -0.2) is 125 Å². The molecule has 10 aliphatic heterocycles. The van der Waals surface area contributed by atoms with E-state index in [1.165, 1.54) is 11.3 Å². The number of aromatic nitrogens is 5. The molecule has 5 spiro atoms. The van der Waals surface area contributed by atoms with Crippen molar-refractivity contribution in [3.8, 4) is 0 Å². The van der Waals surface area contributed by atoms with Crippen molar-refractivity contribution in [1.82, 2.24) is 56.8 Å². The molecule has 0 saturated carbocycles. The number of carbonyl (C=O) groups excluding carboxylic acids is 5. The number of hydrogen-bond donors (Lipinski definition) is 6. The molecule has 0 radical (unpaired) electrons. The van der Waals surface area contributed by atoms with Crippen molar-refractivity contribution in [3.63, 3.8) is 0 Å². The van der Waals surface area contributed by atoms with E-state index in [0.717, 1.165) is 190 Å². The molecule has 10 aliphatic rings. The van der Waals surface area contributed by atoms with Crippen LogP contribution in [-0.2, 0) is 24.0 Å². The van der Waals surface area contributed by atoms with Crippen LogP contribution in [0.25, 0.3) is 51.1 Å². The van der Waals surface area contributed by atoms with Crippen LogP contribution in [0.5, 0.6) is 0 Å². The van der Waals surface area contributed by atoms with Gasteiger partial charge in [0.15, 0.2) is 25.7 Å². The van der Waals surface area contributed by atoms with Gasteiger partial charge in [-0.25, -0.2) is 24.9 Å². The van der Waals surface area contributed by atoms with E-state index >= 15 is 0 Å². The molecule has 5 amide bonds. The zero-order chi connectivity index (χ0) is 73.1. The van der Waals surface area contributed by atoms with Gasteiger partial charge in [0.1, 0.15) is 5.54 Å². The lowest BCUT2D eigenvalue weighted by atomic mass is 9.85. The van der Waals surface area contributed by atoms with Crippen LogP contribution in [0.4, 0.5) is 25.7 Å². The van der Waals surface area contributed by atoms with Gasteiger partial charge in [-0.1, -0.05) is 158 Å². The van der Waals surface area contributed by atoms with Crippen LogP contribution in [0, 0.1) is 21.7 Å². The fourth-order valence-electron chi connectivity index (χ4n) is 15.3. The first-order chi connectivity index (χ1) is 50.3. The number of rotatable bonds is 5. The number of thiazole rings is 5. The maximum atomic E-state index is 12.2. The Bertz CT molecular complexity index is 4930. The van der Waals surface area contributed by atoms with Gasteiger partial charge < -0.3 is 56.4 Å². The normalized spacial score (nSPS) is 26.3. The average molecular weight is 1450 g/mol. The van der Waals surface area contributed by atoms with E-state index in [2.05, 4.69) is 114 Å². The third-order valence-corrected chi connectivity index (χ3v) is 25.9. The average Bonchev–Trinajstić information content (AvgIpc) is 1.63. The van der Waals surface area contributed by atoms with Gasteiger partial charge in [-0.2, -0.15) is 0 Å². The summed E-state index contributed by atoms with van der Waals surface area (Å²) in [5, 5.41) is 21.9. The molecule has 10 fully saturated rings. The van der Waals surface area contributed by atoms with Crippen molar-refractivity contribution in [2.45, 2.75) is 70.8 Å². The highest BCUT2D eigenvalue weighted by Crippen LogP contribution is 2.48. The number of carbonyl (C=O) groups is 5.